The Labute approximate surface area is 141 Å². The first-order valence-electron chi connectivity index (χ1n) is 7.83. The number of para-hydroxylation sites is 1. The number of anilines is 2. The van der Waals surface area contributed by atoms with Crippen LogP contribution in [0.25, 0.3) is 10.9 Å². The van der Waals surface area contributed by atoms with Gasteiger partial charge in [-0.2, -0.15) is 0 Å². The largest absolute Gasteiger partial charge is 0.464 e. The summed E-state index contributed by atoms with van der Waals surface area (Å²) in [5.41, 5.74) is 6.36. The number of carbonyl (C=O) groups is 1. The van der Waals surface area contributed by atoms with Gasteiger partial charge < -0.3 is 10.1 Å². The summed E-state index contributed by atoms with van der Waals surface area (Å²) in [4.78, 5) is 16.5. The van der Waals surface area contributed by atoms with E-state index in [1.807, 2.05) is 37.3 Å². The molecule has 4 nitrogen and oxygen atoms in total. The minimum atomic E-state index is -0.441. The first-order valence-corrected chi connectivity index (χ1v) is 7.83. The lowest BCUT2D eigenvalue weighted by atomic mass is 10.1. The zero-order chi connectivity index (χ0) is 17.3. The van der Waals surface area contributed by atoms with Crippen LogP contribution in [0.5, 0.6) is 0 Å². The summed E-state index contributed by atoms with van der Waals surface area (Å²) in [7, 11) is 1.36. The van der Waals surface area contributed by atoms with E-state index >= 15 is 0 Å². The highest BCUT2D eigenvalue weighted by atomic mass is 16.5. The van der Waals surface area contributed by atoms with Crippen molar-refractivity contribution < 1.29 is 9.53 Å². The molecule has 24 heavy (non-hydrogen) atoms. The van der Waals surface area contributed by atoms with Crippen molar-refractivity contribution >= 4 is 28.2 Å². The topological polar surface area (TPSA) is 51.2 Å². The molecule has 122 valence electrons. The van der Waals surface area contributed by atoms with Gasteiger partial charge in [-0.15, -0.1) is 0 Å². The van der Waals surface area contributed by atoms with Gasteiger partial charge in [-0.3, -0.25) is 0 Å². The highest BCUT2D eigenvalue weighted by Gasteiger charge is 2.14. The lowest BCUT2D eigenvalue weighted by Gasteiger charge is -2.15. The molecule has 3 rings (SSSR count). The average Bonchev–Trinajstić information content (AvgIpc) is 2.58. The van der Waals surface area contributed by atoms with E-state index in [1.54, 1.807) is 6.07 Å². The fraction of sp³-hybridized carbons (Fsp3) is 0.200. The summed E-state index contributed by atoms with van der Waals surface area (Å²) < 4.78 is 4.84. The van der Waals surface area contributed by atoms with Crippen LogP contribution in [-0.4, -0.2) is 18.1 Å². The van der Waals surface area contributed by atoms with Crippen molar-refractivity contribution in [2.75, 3.05) is 12.4 Å². The summed E-state index contributed by atoms with van der Waals surface area (Å²) in [6, 6.07) is 13.8. The number of benzene rings is 2. The van der Waals surface area contributed by atoms with Crippen molar-refractivity contribution in [2.24, 2.45) is 0 Å². The van der Waals surface area contributed by atoms with Gasteiger partial charge in [-0.05, 0) is 49.6 Å². The van der Waals surface area contributed by atoms with Crippen molar-refractivity contribution in [1.29, 1.82) is 0 Å². The van der Waals surface area contributed by atoms with E-state index < -0.39 is 5.97 Å². The van der Waals surface area contributed by atoms with Crippen LogP contribution < -0.4 is 5.32 Å². The average molecular weight is 320 g/mol. The molecule has 0 fully saturated rings. The third-order valence-corrected chi connectivity index (χ3v) is 4.31. The minimum absolute atomic E-state index is 0.298. The van der Waals surface area contributed by atoms with E-state index in [9.17, 15) is 4.79 Å². The van der Waals surface area contributed by atoms with Crippen molar-refractivity contribution in [2.45, 2.75) is 20.8 Å². The molecule has 0 saturated carbocycles. The number of hydrogen-bond donors (Lipinski definition) is 1. The molecule has 0 atom stereocenters. The Bertz CT molecular complexity index is 932. The SMILES string of the molecule is COC(=O)c1cc(Nc2cccc(C)c2C)c2cccc(C)c2n1. The van der Waals surface area contributed by atoms with Gasteiger partial charge in [0, 0.05) is 11.1 Å². The molecule has 4 heteroatoms. The number of ether oxygens (including phenoxy) is 1. The second-order valence-corrected chi connectivity index (χ2v) is 5.89. The predicted molar refractivity (Wildman–Crippen MR) is 97.0 cm³/mol. The van der Waals surface area contributed by atoms with Crippen LogP contribution in [0.15, 0.2) is 42.5 Å². The number of esters is 1. The molecule has 0 unspecified atom stereocenters. The highest BCUT2D eigenvalue weighted by molar-refractivity contribution is 6.00. The van der Waals surface area contributed by atoms with Gasteiger partial charge in [0.1, 0.15) is 0 Å². The molecule has 0 aliphatic rings. The maximum atomic E-state index is 12.0. The van der Waals surface area contributed by atoms with Gasteiger partial charge in [0.2, 0.25) is 0 Å². The summed E-state index contributed by atoms with van der Waals surface area (Å²) in [5.74, 6) is -0.441. The number of aryl methyl sites for hydroxylation is 2. The quantitative estimate of drug-likeness (QED) is 0.711. The Hall–Kier alpha value is -2.88. The molecule has 1 N–H and O–H groups in total. The summed E-state index contributed by atoms with van der Waals surface area (Å²) in [6.07, 6.45) is 0. The van der Waals surface area contributed by atoms with Crippen LogP contribution in [-0.2, 0) is 4.74 Å². The fourth-order valence-electron chi connectivity index (χ4n) is 2.74. The molecule has 2 aromatic carbocycles. The van der Waals surface area contributed by atoms with E-state index in [0.29, 0.717) is 5.69 Å². The number of nitrogens with one attached hydrogen (secondary N) is 1. The molecular weight excluding hydrogens is 300 g/mol. The third kappa shape index (κ3) is 2.83. The minimum Gasteiger partial charge on any atom is -0.464 e. The van der Waals surface area contributed by atoms with Crippen LogP contribution in [0.1, 0.15) is 27.2 Å². The first-order chi connectivity index (χ1) is 11.5. The van der Waals surface area contributed by atoms with Gasteiger partial charge in [0.15, 0.2) is 5.69 Å². The highest BCUT2D eigenvalue weighted by Crippen LogP contribution is 2.30. The zero-order valence-corrected chi connectivity index (χ0v) is 14.3. The number of carbonyl (C=O) groups excluding carboxylic acids is 1. The van der Waals surface area contributed by atoms with Crippen LogP contribution in [0, 0.1) is 20.8 Å². The van der Waals surface area contributed by atoms with E-state index in [4.69, 9.17) is 4.74 Å². The zero-order valence-electron chi connectivity index (χ0n) is 14.3. The van der Waals surface area contributed by atoms with Crippen LogP contribution in [0.4, 0.5) is 11.4 Å². The Morgan fingerprint density at radius 3 is 2.46 bits per heavy atom. The van der Waals surface area contributed by atoms with Gasteiger partial charge in [0.25, 0.3) is 0 Å². The molecular formula is C20H20N2O2. The molecule has 0 spiro atoms. The van der Waals surface area contributed by atoms with E-state index in [2.05, 4.69) is 30.2 Å². The lowest BCUT2D eigenvalue weighted by molar-refractivity contribution is 0.0594. The molecule has 1 heterocycles. The standard InChI is InChI=1S/C20H20N2O2/c1-12-7-6-10-16(14(12)3)21-17-11-18(20(23)24-4)22-19-13(2)8-5-9-15(17)19/h5-11H,1-4H3,(H,21,22). The number of aromatic nitrogens is 1. The van der Waals surface area contributed by atoms with Gasteiger partial charge in [0.05, 0.1) is 18.3 Å². The lowest BCUT2D eigenvalue weighted by Crippen LogP contribution is -2.06. The van der Waals surface area contributed by atoms with Crippen LogP contribution >= 0.6 is 0 Å². The predicted octanol–water partition coefficient (Wildman–Crippen LogP) is 4.69. The van der Waals surface area contributed by atoms with Crippen LogP contribution in [0.3, 0.4) is 0 Å². The fourth-order valence-corrected chi connectivity index (χ4v) is 2.74. The van der Waals surface area contributed by atoms with Crippen molar-refractivity contribution in [3.63, 3.8) is 0 Å². The second-order valence-electron chi connectivity index (χ2n) is 5.89. The normalized spacial score (nSPS) is 10.7. The summed E-state index contributed by atoms with van der Waals surface area (Å²) in [6.45, 7) is 6.14. The maximum absolute atomic E-state index is 12.0. The molecule has 0 radical (unpaired) electrons. The van der Waals surface area contributed by atoms with E-state index in [0.717, 1.165) is 27.8 Å². The molecule has 3 aromatic rings. The van der Waals surface area contributed by atoms with Crippen molar-refractivity contribution in [1.82, 2.24) is 4.98 Å². The smallest absolute Gasteiger partial charge is 0.356 e. The Kier molecular flexibility index (Phi) is 4.21. The van der Waals surface area contributed by atoms with Gasteiger partial charge in [-0.25, -0.2) is 9.78 Å². The number of hydrogen-bond acceptors (Lipinski definition) is 4. The number of methoxy groups -OCH3 is 1. The molecule has 0 bridgehead atoms. The number of fused-ring (bicyclic) bond motifs is 1. The maximum Gasteiger partial charge on any atom is 0.356 e. The number of nitrogens with zero attached hydrogens (tertiary/aromatic N) is 1. The summed E-state index contributed by atoms with van der Waals surface area (Å²) in [5, 5.41) is 4.43. The molecule has 1 aromatic heterocycles. The number of rotatable bonds is 3. The Balaban J connectivity index is 2.20. The molecule has 0 aliphatic carbocycles. The van der Waals surface area contributed by atoms with Crippen LogP contribution in [0.2, 0.25) is 0 Å². The molecule has 0 amide bonds. The summed E-state index contributed by atoms with van der Waals surface area (Å²) >= 11 is 0. The van der Waals surface area contributed by atoms with Crippen molar-refractivity contribution in [3.8, 4) is 0 Å². The number of pyridine rings is 1. The first kappa shape index (κ1) is 16.0. The Morgan fingerprint density at radius 2 is 1.71 bits per heavy atom. The van der Waals surface area contributed by atoms with Gasteiger partial charge in [-0.1, -0.05) is 30.3 Å². The molecule has 0 aliphatic heterocycles. The Morgan fingerprint density at radius 1 is 1.00 bits per heavy atom. The van der Waals surface area contributed by atoms with Crippen molar-refractivity contribution in [3.05, 3.63) is 64.8 Å². The van der Waals surface area contributed by atoms with Gasteiger partial charge >= 0.3 is 5.97 Å². The monoisotopic (exact) mass is 320 g/mol. The second kappa shape index (κ2) is 6.32. The van der Waals surface area contributed by atoms with E-state index in [1.165, 1.54) is 18.2 Å². The third-order valence-electron chi connectivity index (χ3n) is 4.31. The molecule has 0 saturated heterocycles. The van der Waals surface area contributed by atoms with E-state index in [-0.39, 0.29) is 0 Å².